The van der Waals surface area contributed by atoms with Gasteiger partial charge in [0.05, 0.1) is 6.20 Å². The third-order valence-corrected chi connectivity index (χ3v) is 3.43. The Kier molecular flexibility index (Phi) is 4.57. The van der Waals surface area contributed by atoms with E-state index >= 15 is 0 Å². The minimum absolute atomic E-state index is 0.815. The highest BCUT2D eigenvalue weighted by Crippen LogP contribution is 2.12. The van der Waals surface area contributed by atoms with Gasteiger partial charge in [-0.2, -0.15) is 5.10 Å². The Labute approximate surface area is 104 Å². The standard InChI is InChI=1S/C13H24N4/c1-3-17-11-13(8-15-17)10-16(2)9-12-5-4-6-14-7-12/h8,11-12,14H,3-7,9-10H2,1-2H3. The maximum absolute atomic E-state index is 4.31. The number of hydrogen-bond donors (Lipinski definition) is 1. The zero-order chi connectivity index (χ0) is 12.1. The van der Waals surface area contributed by atoms with Gasteiger partial charge >= 0.3 is 0 Å². The molecule has 0 amide bonds. The van der Waals surface area contributed by atoms with E-state index in [1.165, 1.54) is 38.0 Å². The van der Waals surface area contributed by atoms with Crippen molar-refractivity contribution < 1.29 is 0 Å². The lowest BCUT2D eigenvalue weighted by Crippen LogP contribution is -2.36. The van der Waals surface area contributed by atoms with Gasteiger partial charge in [0.15, 0.2) is 0 Å². The Morgan fingerprint density at radius 3 is 3.12 bits per heavy atom. The predicted molar refractivity (Wildman–Crippen MR) is 69.8 cm³/mol. The molecule has 1 fully saturated rings. The first-order valence-electron chi connectivity index (χ1n) is 6.68. The zero-order valence-corrected chi connectivity index (χ0v) is 11.0. The van der Waals surface area contributed by atoms with Crippen LogP contribution in [-0.4, -0.2) is 41.4 Å². The van der Waals surface area contributed by atoms with Crippen molar-refractivity contribution in [2.75, 3.05) is 26.7 Å². The van der Waals surface area contributed by atoms with E-state index in [9.17, 15) is 0 Å². The summed E-state index contributed by atoms with van der Waals surface area (Å²) in [4.78, 5) is 2.41. The monoisotopic (exact) mass is 236 g/mol. The van der Waals surface area contributed by atoms with Crippen LogP contribution in [-0.2, 0) is 13.1 Å². The number of nitrogens with one attached hydrogen (secondary N) is 1. The van der Waals surface area contributed by atoms with Crippen LogP contribution in [0.4, 0.5) is 0 Å². The Balaban J connectivity index is 1.77. The SMILES string of the molecule is CCn1cc(CN(C)CC2CCCNC2)cn1. The van der Waals surface area contributed by atoms with Gasteiger partial charge in [0.25, 0.3) is 0 Å². The van der Waals surface area contributed by atoms with Crippen molar-refractivity contribution in [3.63, 3.8) is 0 Å². The van der Waals surface area contributed by atoms with E-state index in [-0.39, 0.29) is 0 Å². The third-order valence-electron chi connectivity index (χ3n) is 3.43. The van der Waals surface area contributed by atoms with Crippen LogP contribution in [0, 0.1) is 5.92 Å². The minimum atomic E-state index is 0.815. The van der Waals surface area contributed by atoms with Gasteiger partial charge in [-0.15, -0.1) is 0 Å². The second-order valence-corrected chi connectivity index (χ2v) is 5.11. The summed E-state index contributed by atoms with van der Waals surface area (Å²) in [7, 11) is 2.21. The second kappa shape index (κ2) is 6.17. The van der Waals surface area contributed by atoms with E-state index < -0.39 is 0 Å². The van der Waals surface area contributed by atoms with E-state index in [4.69, 9.17) is 0 Å². The summed E-state index contributed by atoms with van der Waals surface area (Å²) in [6.45, 7) is 7.65. The van der Waals surface area contributed by atoms with Crippen molar-refractivity contribution >= 4 is 0 Å². The molecule has 0 saturated carbocycles. The Bertz CT molecular complexity index is 328. The minimum Gasteiger partial charge on any atom is -0.316 e. The highest BCUT2D eigenvalue weighted by atomic mass is 15.3. The summed E-state index contributed by atoms with van der Waals surface area (Å²) in [6.07, 6.45) is 6.83. The van der Waals surface area contributed by atoms with Crippen LogP contribution >= 0.6 is 0 Å². The number of nitrogens with zero attached hydrogens (tertiary/aromatic N) is 3. The normalized spacial score (nSPS) is 21.0. The number of piperidine rings is 1. The summed E-state index contributed by atoms with van der Waals surface area (Å²) in [5, 5.41) is 7.79. The van der Waals surface area contributed by atoms with Crippen molar-refractivity contribution in [3.05, 3.63) is 18.0 Å². The molecule has 17 heavy (non-hydrogen) atoms. The highest BCUT2D eigenvalue weighted by Gasteiger charge is 2.15. The molecule has 0 spiro atoms. The van der Waals surface area contributed by atoms with Crippen LogP contribution < -0.4 is 5.32 Å². The first-order valence-corrected chi connectivity index (χ1v) is 6.68. The second-order valence-electron chi connectivity index (χ2n) is 5.11. The summed E-state index contributed by atoms with van der Waals surface area (Å²) >= 11 is 0. The Morgan fingerprint density at radius 2 is 2.47 bits per heavy atom. The molecule has 1 aliphatic heterocycles. The van der Waals surface area contributed by atoms with E-state index in [2.05, 4.69) is 35.5 Å². The van der Waals surface area contributed by atoms with E-state index in [0.29, 0.717) is 0 Å². The summed E-state index contributed by atoms with van der Waals surface area (Å²) in [5.41, 5.74) is 1.32. The number of hydrogen-bond acceptors (Lipinski definition) is 3. The Morgan fingerprint density at radius 1 is 1.59 bits per heavy atom. The molecular weight excluding hydrogens is 212 g/mol. The average Bonchev–Trinajstić information content (AvgIpc) is 2.78. The molecule has 1 aromatic heterocycles. The quantitative estimate of drug-likeness (QED) is 0.837. The molecule has 1 aromatic rings. The van der Waals surface area contributed by atoms with Gasteiger partial charge in [0.1, 0.15) is 0 Å². The van der Waals surface area contributed by atoms with Crippen molar-refractivity contribution in [2.45, 2.75) is 32.9 Å². The maximum Gasteiger partial charge on any atom is 0.0534 e. The lowest BCUT2D eigenvalue weighted by molar-refractivity contribution is 0.237. The molecule has 96 valence electrons. The molecule has 1 N–H and O–H groups in total. The fraction of sp³-hybridized carbons (Fsp3) is 0.769. The zero-order valence-electron chi connectivity index (χ0n) is 11.0. The molecule has 0 bridgehead atoms. The smallest absolute Gasteiger partial charge is 0.0534 e. The molecule has 2 rings (SSSR count). The molecule has 2 heterocycles. The lowest BCUT2D eigenvalue weighted by atomic mass is 9.99. The first-order chi connectivity index (χ1) is 8.28. The Hall–Kier alpha value is -0.870. The summed E-state index contributed by atoms with van der Waals surface area (Å²) in [6, 6.07) is 0. The largest absolute Gasteiger partial charge is 0.316 e. The van der Waals surface area contributed by atoms with Crippen LogP contribution in [0.25, 0.3) is 0 Å². The first kappa shape index (κ1) is 12.6. The molecule has 4 nitrogen and oxygen atoms in total. The van der Waals surface area contributed by atoms with E-state index in [1.54, 1.807) is 0 Å². The van der Waals surface area contributed by atoms with Crippen molar-refractivity contribution in [1.29, 1.82) is 0 Å². The maximum atomic E-state index is 4.31. The highest BCUT2D eigenvalue weighted by molar-refractivity contribution is 5.03. The van der Waals surface area contributed by atoms with Crippen LogP contribution in [0.15, 0.2) is 12.4 Å². The molecular formula is C13H24N4. The van der Waals surface area contributed by atoms with Crippen molar-refractivity contribution in [3.8, 4) is 0 Å². The average molecular weight is 236 g/mol. The van der Waals surface area contributed by atoms with Crippen LogP contribution in [0.2, 0.25) is 0 Å². The number of aryl methyl sites for hydroxylation is 1. The fourth-order valence-electron chi connectivity index (χ4n) is 2.56. The van der Waals surface area contributed by atoms with E-state index in [1.807, 2.05) is 10.9 Å². The molecule has 0 radical (unpaired) electrons. The number of rotatable bonds is 5. The van der Waals surface area contributed by atoms with E-state index in [0.717, 1.165) is 19.0 Å². The van der Waals surface area contributed by atoms with Crippen molar-refractivity contribution in [1.82, 2.24) is 20.0 Å². The van der Waals surface area contributed by atoms with Gasteiger partial charge in [-0.05, 0) is 45.8 Å². The topological polar surface area (TPSA) is 33.1 Å². The molecule has 4 heteroatoms. The van der Waals surface area contributed by atoms with Gasteiger partial charge < -0.3 is 10.2 Å². The van der Waals surface area contributed by atoms with Gasteiger partial charge in [-0.1, -0.05) is 0 Å². The van der Waals surface area contributed by atoms with Crippen LogP contribution in [0.3, 0.4) is 0 Å². The molecule has 1 saturated heterocycles. The molecule has 1 atom stereocenters. The van der Waals surface area contributed by atoms with Crippen molar-refractivity contribution in [2.24, 2.45) is 5.92 Å². The predicted octanol–water partition coefficient (Wildman–Crippen LogP) is 1.33. The lowest BCUT2D eigenvalue weighted by Gasteiger charge is -2.27. The van der Waals surface area contributed by atoms with Gasteiger partial charge in [0.2, 0.25) is 0 Å². The number of aromatic nitrogens is 2. The van der Waals surface area contributed by atoms with Gasteiger partial charge in [-0.25, -0.2) is 0 Å². The molecule has 1 aliphatic rings. The summed E-state index contributed by atoms with van der Waals surface area (Å²) < 4.78 is 1.99. The third kappa shape index (κ3) is 3.82. The van der Waals surface area contributed by atoms with Crippen LogP contribution in [0.5, 0.6) is 0 Å². The molecule has 0 aromatic carbocycles. The summed E-state index contributed by atoms with van der Waals surface area (Å²) in [5.74, 6) is 0.815. The molecule has 1 unspecified atom stereocenters. The van der Waals surface area contributed by atoms with Crippen LogP contribution in [0.1, 0.15) is 25.3 Å². The molecule has 0 aliphatic carbocycles. The fourth-order valence-corrected chi connectivity index (χ4v) is 2.56. The van der Waals surface area contributed by atoms with Gasteiger partial charge in [-0.3, -0.25) is 4.68 Å². The van der Waals surface area contributed by atoms with Gasteiger partial charge in [0, 0.05) is 31.4 Å².